The Hall–Kier alpha value is -0.975. The van der Waals surface area contributed by atoms with Crippen LogP contribution in [-0.2, 0) is 6.32 Å². The van der Waals surface area contributed by atoms with E-state index in [0.717, 1.165) is 0 Å². The van der Waals surface area contributed by atoms with Gasteiger partial charge in [0.2, 0.25) is 0 Å². The van der Waals surface area contributed by atoms with Gasteiger partial charge in [-0.3, -0.25) is 0 Å². The van der Waals surface area contributed by atoms with Gasteiger partial charge >= 0.3 is 0 Å². The zero-order chi connectivity index (χ0) is 12.8. The molecule has 0 aromatic heterocycles. The molecule has 0 radical (unpaired) electrons. The maximum atomic E-state index is 2.38. The molecular weight excluding hydrogens is 203 g/mol. The molecule has 0 saturated heterocycles. The summed E-state index contributed by atoms with van der Waals surface area (Å²) in [5.41, 5.74) is 9.33. The Balaban J connectivity index is 2.60. The van der Waals surface area contributed by atoms with Crippen molar-refractivity contribution >= 4 is 12.9 Å². The minimum absolute atomic E-state index is 0.306. The molecule has 90 valence electrons. The molecule has 0 fully saturated rings. The lowest BCUT2D eigenvalue weighted by Gasteiger charge is -2.30. The van der Waals surface area contributed by atoms with E-state index >= 15 is 0 Å². The van der Waals surface area contributed by atoms with Gasteiger partial charge in [-0.1, -0.05) is 43.9 Å². The van der Waals surface area contributed by atoms with Crippen molar-refractivity contribution in [2.24, 2.45) is 5.41 Å². The first kappa shape index (κ1) is 12.5. The quantitative estimate of drug-likeness (QED) is 0.586. The van der Waals surface area contributed by atoms with Crippen molar-refractivity contribution in [1.82, 2.24) is 0 Å². The number of rotatable bonds is 0. The summed E-state index contributed by atoms with van der Waals surface area (Å²) in [6.45, 7) is 13.7. The lowest BCUT2D eigenvalue weighted by molar-refractivity contribution is 0.529. The van der Waals surface area contributed by atoms with Crippen molar-refractivity contribution in [3.63, 3.8) is 0 Å². The van der Waals surface area contributed by atoms with Gasteiger partial charge < -0.3 is 0 Å². The Kier molecular flexibility index (Phi) is 2.97. The van der Waals surface area contributed by atoms with Crippen LogP contribution < -0.4 is 0 Å². The van der Waals surface area contributed by atoms with Crippen LogP contribution in [0.15, 0.2) is 17.6 Å². The molecule has 1 aromatic carbocycles. The van der Waals surface area contributed by atoms with Crippen LogP contribution in [0, 0.1) is 19.3 Å². The lowest BCUT2D eigenvalue weighted by atomic mass is 9.51. The highest BCUT2D eigenvalue weighted by molar-refractivity contribution is 6.48. The molecule has 1 aliphatic heterocycles. The zero-order valence-corrected chi connectivity index (χ0v) is 12.1. The van der Waals surface area contributed by atoms with E-state index < -0.39 is 0 Å². The van der Waals surface area contributed by atoms with Gasteiger partial charge in [0, 0.05) is 0 Å². The topological polar surface area (TPSA) is 0 Å². The second kappa shape index (κ2) is 4.05. The SMILES string of the molecule is CC1=C(C(C)(C)C)BCc2cc(C)c(C)cc21. The lowest BCUT2D eigenvalue weighted by Crippen LogP contribution is -2.22. The summed E-state index contributed by atoms with van der Waals surface area (Å²) in [6.07, 6.45) is 1.21. The highest BCUT2D eigenvalue weighted by atomic mass is 14.2. The highest BCUT2D eigenvalue weighted by Crippen LogP contribution is 2.37. The third-order valence-electron chi connectivity index (χ3n) is 4.13. The maximum Gasteiger partial charge on any atom is 0.157 e. The van der Waals surface area contributed by atoms with E-state index in [1.165, 1.54) is 35.9 Å². The van der Waals surface area contributed by atoms with Crippen molar-refractivity contribution < 1.29 is 0 Å². The van der Waals surface area contributed by atoms with E-state index in [-0.39, 0.29) is 0 Å². The second-order valence-corrected chi connectivity index (χ2v) is 6.45. The molecular formula is C16H23B. The minimum atomic E-state index is 0.306. The first-order valence-corrected chi connectivity index (χ1v) is 6.61. The van der Waals surface area contributed by atoms with Crippen LogP contribution in [0.2, 0.25) is 0 Å². The maximum absolute atomic E-state index is 2.38. The van der Waals surface area contributed by atoms with E-state index in [1.807, 2.05) is 0 Å². The number of benzene rings is 1. The molecule has 2 rings (SSSR count). The second-order valence-electron chi connectivity index (χ2n) is 6.45. The van der Waals surface area contributed by atoms with Gasteiger partial charge in [0.25, 0.3) is 0 Å². The van der Waals surface area contributed by atoms with Crippen molar-refractivity contribution in [2.75, 3.05) is 0 Å². The summed E-state index contributed by atoms with van der Waals surface area (Å²) in [5.74, 6) is 0. The molecule has 0 aliphatic carbocycles. The summed E-state index contributed by atoms with van der Waals surface area (Å²) in [4.78, 5) is 0. The van der Waals surface area contributed by atoms with E-state index in [0.29, 0.717) is 5.41 Å². The molecule has 1 aliphatic rings. The standard InChI is InChI=1S/C16H23B/c1-10-7-13-9-17-15(16(4,5)6)12(3)14(13)8-11(10)2/h7-8,17H,9H2,1-6H3. The van der Waals surface area contributed by atoms with Crippen LogP contribution >= 0.6 is 0 Å². The first-order chi connectivity index (χ1) is 7.80. The first-order valence-electron chi connectivity index (χ1n) is 6.61. The molecule has 0 spiro atoms. The Morgan fingerprint density at radius 2 is 1.59 bits per heavy atom. The number of hydrogen-bond acceptors (Lipinski definition) is 0. The number of hydrogen-bond donors (Lipinski definition) is 0. The molecule has 0 saturated carbocycles. The van der Waals surface area contributed by atoms with Crippen LogP contribution in [-0.4, -0.2) is 7.28 Å². The van der Waals surface area contributed by atoms with Crippen molar-refractivity contribution in [3.05, 3.63) is 39.9 Å². The molecule has 17 heavy (non-hydrogen) atoms. The van der Waals surface area contributed by atoms with Crippen molar-refractivity contribution in [2.45, 2.75) is 47.9 Å². The fourth-order valence-electron chi connectivity index (χ4n) is 2.98. The number of fused-ring (bicyclic) bond motifs is 1. The van der Waals surface area contributed by atoms with Gasteiger partial charge in [-0.2, -0.15) is 0 Å². The Morgan fingerprint density at radius 3 is 2.18 bits per heavy atom. The third-order valence-corrected chi connectivity index (χ3v) is 4.13. The highest BCUT2D eigenvalue weighted by Gasteiger charge is 2.25. The van der Waals surface area contributed by atoms with E-state index in [9.17, 15) is 0 Å². The van der Waals surface area contributed by atoms with Crippen molar-refractivity contribution in [3.8, 4) is 0 Å². The summed E-state index contributed by atoms with van der Waals surface area (Å²) in [5, 5.41) is 0. The summed E-state index contributed by atoms with van der Waals surface area (Å²) in [7, 11) is 1.23. The molecule has 1 aromatic rings. The summed E-state index contributed by atoms with van der Waals surface area (Å²) < 4.78 is 0. The molecule has 0 nitrogen and oxygen atoms in total. The average molecular weight is 226 g/mol. The van der Waals surface area contributed by atoms with E-state index in [4.69, 9.17) is 0 Å². The fourth-order valence-corrected chi connectivity index (χ4v) is 2.98. The molecule has 0 bridgehead atoms. The zero-order valence-electron chi connectivity index (χ0n) is 12.1. The van der Waals surface area contributed by atoms with Gasteiger partial charge in [-0.05, 0) is 54.8 Å². The van der Waals surface area contributed by atoms with Crippen molar-refractivity contribution in [1.29, 1.82) is 0 Å². The van der Waals surface area contributed by atoms with Gasteiger partial charge in [0.15, 0.2) is 7.28 Å². The number of aryl methyl sites for hydroxylation is 2. The molecule has 0 atom stereocenters. The van der Waals surface area contributed by atoms with Gasteiger partial charge in [-0.15, -0.1) is 0 Å². The van der Waals surface area contributed by atoms with Crippen LogP contribution in [0.4, 0.5) is 0 Å². The molecule has 1 heteroatoms. The summed E-state index contributed by atoms with van der Waals surface area (Å²) >= 11 is 0. The smallest absolute Gasteiger partial charge is 0.0966 e. The van der Waals surface area contributed by atoms with E-state index in [1.54, 1.807) is 11.0 Å². The van der Waals surface area contributed by atoms with E-state index in [2.05, 4.69) is 53.7 Å². The van der Waals surface area contributed by atoms with Crippen LogP contribution in [0.3, 0.4) is 0 Å². The minimum Gasteiger partial charge on any atom is -0.0966 e. The van der Waals surface area contributed by atoms with Gasteiger partial charge in [-0.25, -0.2) is 0 Å². The molecule has 0 unspecified atom stereocenters. The fraction of sp³-hybridized carbons (Fsp3) is 0.500. The molecule has 0 amide bonds. The Morgan fingerprint density at radius 1 is 1.00 bits per heavy atom. The number of allylic oxidation sites excluding steroid dienone is 2. The Bertz CT molecular complexity index is 487. The summed E-state index contributed by atoms with van der Waals surface area (Å²) in [6, 6.07) is 4.76. The molecule has 1 heterocycles. The van der Waals surface area contributed by atoms with Gasteiger partial charge in [0.1, 0.15) is 0 Å². The van der Waals surface area contributed by atoms with Crippen LogP contribution in [0.1, 0.15) is 49.9 Å². The largest absolute Gasteiger partial charge is 0.157 e. The molecule has 0 N–H and O–H groups in total. The van der Waals surface area contributed by atoms with Gasteiger partial charge in [0.05, 0.1) is 0 Å². The van der Waals surface area contributed by atoms with Crippen LogP contribution in [0.25, 0.3) is 5.57 Å². The average Bonchev–Trinajstić information content (AvgIpc) is 2.19. The monoisotopic (exact) mass is 226 g/mol. The predicted molar refractivity (Wildman–Crippen MR) is 78.8 cm³/mol. The predicted octanol–water partition coefficient (Wildman–Crippen LogP) is 4.03. The van der Waals surface area contributed by atoms with Crippen LogP contribution in [0.5, 0.6) is 0 Å². The normalized spacial score (nSPS) is 15.6. The third kappa shape index (κ3) is 2.20. The Labute approximate surface area is 106 Å².